The zero-order valence-electron chi connectivity index (χ0n) is 20.3. The largest absolute Gasteiger partial charge is 0.206 e. The number of hydrogen-bond donors (Lipinski definition) is 0. The van der Waals surface area contributed by atoms with E-state index in [0.717, 1.165) is 22.9 Å². The van der Waals surface area contributed by atoms with Gasteiger partial charge in [-0.15, -0.1) is 0 Å². The van der Waals surface area contributed by atoms with Gasteiger partial charge in [-0.2, -0.15) is 0 Å². The van der Waals surface area contributed by atoms with E-state index in [2.05, 4.69) is 30.9 Å². The van der Waals surface area contributed by atoms with Crippen LogP contribution in [0.2, 0.25) is 5.02 Å². The van der Waals surface area contributed by atoms with Gasteiger partial charge in [0.2, 0.25) is 0 Å². The molecule has 0 bridgehead atoms. The van der Waals surface area contributed by atoms with Gasteiger partial charge in [0, 0.05) is 16.5 Å². The molecule has 0 saturated carbocycles. The summed E-state index contributed by atoms with van der Waals surface area (Å²) in [6, 6.07) is 19.8. The highest BCUT2D eigenvalue weighted by atomic mass is 35.5. The van der Waals surface area contributed by atoms with E-state index in [1.54, 1.807) is 12.1 Å². The minimum absolute atomic E-state index is 0.300. The second kappa shape index (κ2) is 12.2. The van der Waals surface area contributed by atoms with Crippen LogP contribution < -0.4 is 0 Å². The Hall–Kier alpha value is -3.22. The van der Waals surface area contributed by atoms with Crippen molar-refractivity contribution in [2.24, 2.45) is 0 Å². The Morgan fingerprint density at radius 2 is 1.36 bits per heavy atom. The van der Waals surface area contributed by atoms with Crippen LogP contribution >= 0.6 is 11.6 Å². The summed E-state index contributed by atoms with van der Waals surface area (Å²) in [6.45, 7) is 2.22. The lowest BCUT2D eigenvalue weighted by Gasteiger charge is -2.08. The zero-order valence-corrected chi connectivity index (χ0v) is 21.1. The van der Waals surface area contributed by atoms with Gasteiger partial charge in [0.15, 0.2) is 0 Å². The maximum atomic E-state index is 15.1. The summed E-state index contributed by atoms with van der Waals surface area (Å²) in [7, 11) is 0. The van der Waals surface area contributed by atoms with E-state index >= 15 is 4.39 Å². The topological polar surface area (TPSA) is 0 Å². The molecule has 4 aromatic carbocycles. The maximum absolute atomic E-state index is 15.1. The summed E-state index contributed by atoms with van der Waals surface area (Å²) in [4.78, 5) is 0. The molecule has 0 aromatic heterocycles. The molecule has 0 aliphatic rings. The van der Waals surface area contributed by atoms with Crippen LogP contribution in [0.5, 0.6) is 0 Å². The first-order valence-corrected chi connectivity index (χ1v) is 12.8. The molecule has 0 aliphatic heterocycles. The van der Waals surface area contributed by atoms with Gasteiger partial charge in [0.1, 0.15) is 22.5 Å². The van der Waals surface area contributed by atoms with Crippen LogP contribution in [0.3, 0.4) is 0 Å². The molecule has 0 N–H and O–H groups in total. The van der Waals surface area contributed by atoms with Gasteiger partial charge in [-0.1, -0.05) is 80.0 Å². The normalized spacial score (nSPS) is 10.9. The smallest absolute Gasteiger partial charge is 0.145 e. The Balaban J connectivity index is 1.44. The van der Waals surface area contributed by atoms with Gasteiger partial charge < -0.3 is 0 Å². The molecule has 36 heavy (non-hydrogen) atoms. The molecule has 0 heterocycles. The van der Waals surface area contributed by atoms with Gasteiger partial charge in [-0.3, -0.25) is 0 Å². The van der Waals surface area contributed by atoms with E-state index in [-0.39, 0.29) is 5.82 Å². The Kier molecular flexibility index (Phi) is 8.73. The van der Waals surface area contributed by atoms with Crippen molar-refractivity contribution in [3.63, 3.8) is 0 Å². The molecule has 0 saturated heterocycles. The van der Waals surface area contributed by atoms with E-state index < -0.39 is 16.7 Å². The molecule has 4 heteroatoms. The quantitative estimate of drug-likeness (QED) is 0.127. The summed E-state index contributed by atoms with van der Waals surface area (Å²) < 4.78 is 42.5. The van der Waals surface area contributed by atoms with Crippen molar-refractivity contribution in [1.29, 1.82) is 0 Å². The predicted molar refractivity (Wildman–Crippen MR) is 143 cm³/mol. The lowest BCUT2D eigenvalue weighted by molar-refractivity contribution is 0.579. The summed E-state index contributed by atoms with van der Waals surface area (Å²) in [5.74, 6) is 4.43. The summed E-state index contributed by atoms with van der Waals surface area (Å²) in [5.41, 5.74) is 4.02. The molecule has 0 fully saturated rings. The Labute approximate surface area is 216 Å². The lowest BCUT2D eigenvalue weighted by Crippen LogP contribution is -1.98. The van der Waals surface area contributed by atoms with E-state index in [9.17, 15) is 8.78 Å². The minimum atomic E-state index is -0.808. The van der Waals surface area contributed by atoms with Gasteiger partial charge in [-0.05, 0) is 84.2 Å². The van der Waals surface area contributed by atoms with Gasteiger partial charge in [0.05, 0.1) is 0 Å². The van der Waals surface area contributed by atoms with Gasteiger partial charge in [-0.25, -0.2) is 13.2 Å². The molecule has 0 amide bonds. The standard InChI is InChI=1S/C32H28ClF3/c1-2-3-4-5-6-22-7-9-23(10-8-22)11-12-24-14-18-28-27(19-24)17-16-26(32(28)36)15-13-25-20-29(34)31(33)30(35)21-25/h7-10,14,16-21H,2-6,13,15H2,1H3. The number of benzene rings is 4. The third-order valence-electron chi connectivity index (χ3n) is 6.38. The number of aryl methyl sites for hydroxylation is 3. The molecule has 4 rings (SSSR count). The van der Waals surface area contributed by atoms with Crippen molar-refractivity contribution in [2.75, 3.05) is 0 Å². The number of unbranched alkanes of at least 4 members (excludes halogenated alkanes) is 3. The van der Waals surface area contributed by atoms with E-state index in [0.29, 0.717) is 29.4 Å². The molecular formula is C32H28ClF3. The van der Waals surface area contributed by atoms with Crippen LogP contribution in [-0.2, 0) is 19.3 Å². The zero-order chi connectivity index (χ0) is 25.5. The van der Waals surface area contributed by atoms with Crippen molar-refractivity contribution in [3.05, 3.63) is 117 Å². The fourth-order valence-electron chi connectivity index (χ4n) is 4.29. The van der Waals surface area contributed by atoms with Gasteiger partial charge in [0.25, 0.3) is 0 Å². The SMILES string of the molecule is CCCCCCc1ccc(C#Cc2ccc3c(F)c(CCc4cc(F)c(Cl)c(F)c4)ccc3c2)cc1. The number of fused-ring (bicyclic) bond motifs is 1. The van der Waals surface area contributed by atoms with Crippen LogP contribution in [-0.4, -0.2) is 0 Å². The van der Waals surface area contributed by atoms with Crippen LogP contribution in [0, 0.1) is 29.3 Å². The van der Waals surface area contributed by atoms with Gasteiger partial charge >= 0.3 is 0 Å². The average Bonchev–Trinajstić information content (AvgIpc) is 2.88. The summed E-state index contributed by atoms with van der Waals surface area (Å²) >= 11 is 5.54. The Morgan fingerprint density at radius 3 is 2.08 bits per heavy atom. The molecule has 0 spiro atoms. The second-order valence-corrected chi connectivity index (χ2v) is 9.48. The first kappa shape index (κ1) is 25.9. The highest BCUT2D eigenvalue weighted by molar-refractivity contribution is 6.30. The van der Waals surface area contributed by atoms with Crippen LogP contribution in [0.4, 0.5) is 13.2 Å². The number of hydrogen-bond acceptors (Lipinski definition) is 0. The minimum Gasteiger partial charge on any atom is -0.206 e. The monoisotopic (exact) mass is 504 g/mol. The van der Waals surface area contributed by atoms with E-state index in [4.69, 9.17) is 11.6 Å². The average molecular weight is 505 g/mol. The lowest BCUT2D eigenvalue weighted by atomic mass is 9.99. The Morgan fingerprint density at radius 1 is 0.667 bits per heavy atom. The predicted octanol–water partition coefficient (Wildman–Crippen LogP) is 9.22. The molecule has 4 aromatic rings. The first-order chi connectivity index (χ1) is 17.4. The molecular weight excluding hydrogens is 477 g/mol. The first-order valence-electron chi connectivity index (χ1n) is 12.4. The third kappa shape index (κ3) is 6.50. The van der Waals surface area contributed by atoms with Crippen molar-refractivity contribution in [3.8, 4) is 11.8 Å². The fraction of sp³-hybridized carbons (Fsp3) is 0.250. The van der Waals surface area contributed by atoms with Crippen molar-refractivity contribution in [2.45, 2.75) is 51.9 Å². The number of halogens is 4. The highest BCUT2D eigenvalue weighted by Crippen LogP contribution is 2.25. The summed E-state index contributed by atoms with van der Waals surface area (Å²) in [5, 5.41) is 0.734. The van der Waals surface area contributed by atoms with Crippen LogP contribution in [0.15, 0.2) is 66.7 Å². The summed E-state index contributed by atoms with van der Waals surface area (Å²) in [6.07, 6.45) is 6.72. The van der Waals surface area contributed by atoms with Crippen molar-refractivity contribution >= 4 is 22.4 Å². The molecule has 184 valence electrons. The molecule has 0 aliphatic carbocycles. The maximum Gasteiger partial charge on any atom is 0.145 e. The molecule has 0 nitrogen and oxygen atoms in total. The Bertz CT molecular complexity index is 1390. The second-order valence-electron chi connectivity index (χ2n) is 9.11. The van der Waals surface area contributed by atoms with E-state index in [1.165, 1.54) is 43.4 Å². The fourth-order valence-corrected chi connectivity index (χ4v) is 4.40. The van der Waals surface area contributed by atoms with Crippen molar-refractivity contribution in [1.82, 2.24) is 0 Å². The third-order valence-corrected chi connectivity index (χ3v) is 6.75. The van der Waals surface area contributed by atoms with Crippen LogP contribution in [0.1, 0.15) is 60.4 Å². The van der Waals surface area contributed by atoms with E-state index in [1.807, 2.05) is 30.3 Å². The number of rotatable bonds is 8. The highest BCUT2D eigenvalue weighted by Gasteiger charge is 2.11. The molecule has 0 unspecified atom stereocenters. The van der Waals surface area contributed by atoms with Crippen LogP contribution in [0.25, 0.3) is 10.8 Å². The molecule has 0 radical (unpaired) electrons. The molecule has 0 atom stereocenters. The van der Waals surface area contributed by atoms with Crippen molar-refractivity contribution < 1.29 is 13.2 Å².